The van der Waals surface area contributed by atoms with E-state index < -0.39 is 11.6 Å². The molecule has 2 aliphatic rings. The molecule has 0 radical (unpaired) electrons. The average Bonchev–Trinajstić information content (AvgIpc) is 2.97. The van der Waals surface area contributed by atoms with Gasteiger partial charge in [-0.3, -0.25) is 19.4 Å². The zero-order valence-electron chi connectivity index (χ0n) is 12.8. The molecule has 2 heterocycles. The van der Waals surface area contributed by atoms with Crippen molar-refractivity contribution in [3.8, 4) is 0 Å². The molecule has 3 rings (SSSR count). The zero-order chi connectivity index (χ0) is 16.6. The standard InChI is InChI=1S/C16H18F2N2O3/c1-23-3-2-20-15(21)13-8-19(9-14(13)16(20)22)7-10-4-11(17)6-12(18)5-10/h4-6,13-14H,2-3,7-9H2,1H3/t13-,14+. The van der Waals surface area contributed by atoms with Gasteiger partial charge in [0.2, 0.25) is 11.8 Å². The number of methoxy groups -OCH3 is 1. The fraction of sp³-hybridized carbons (Fsp3) is 0.500. The Morgan fingerprint density at radius 2 is 1.65 bits per heavy atom. The first-order valence-electron chi connectivity index (χ1n) is 7.51. The van der Waals surface area contributed by atoms with Crippen molar-refractivity contribution in [1.82, 2.24) is 9.80 Å². The maximum Gasteiger partial charge on any atom is 0.234 e. The number of fused-ring (bicyclic) bond motifs is 1. The smallest absolute Gasteiger partial charge is 0.234 e. The van der Waals surface area contributed by atoms with Crippen molar-refractivity contribution in [2.24, 2.45) is 11.8 Å². The van der Waals surface area contributed by atoms with Gasteiger partial charge in [0.25, 0.3) is 0 Å². The molecule has 0 saturated carbocycles. The lowest BCUT2D eigenvalue weighted by Gasteiger charge is -2.20. The summed E-state index contributed by atoms with van der Waals surface area (Å²) >= 11 is 0. The molecule has 2 amide bonds. The van der Waals surface area contributed by atoms with E-state index in [-0.39, 0.29) is 30.2 Å². The van der Waals surface area contributed by atoms with Crippen LogP contribution in [0.3, 0.4) is 0 Å². The fourth-order valence-corrected chi connectivity index (χ4v) is 3.39. The number of ether oxygens (including phenoxy) is 1. The molecular formula is C16H18F2N2O3. The quantitative estimate of drug-likeness (QED) is 0.759. The van der Waals surface area contributed by atoms with Gasteiger partial charge in [-0.1, -0.05) is 0 Å². The van der Waals surface area contributed by atoms with Crippen LogP contribution in [0.5, 0.6) is 0 Å². The Bertz CT molecular complexity index is 594. The number of carbonyl (C=O) groups excluding carboxylic acids is 2. The molecule has 0 aliphatic carbocycles. The average molecular weight is 324 g/mol. The number of imide groups is 1. The van der Waals surface area contributed by atoms with Crippen LogP contribution >= 0.6 is 0 Å². The second-order valence-corrected chi connectivity index (χ2v) is 6.01. The van der Waals surface area contributed by atoms with E-state index in [4.69, 9.17) is 4.74 Å². The third-order valence-corrected chi connectivity index (χ3v) is 4.41. The molecule has 0 unspecified atom stereocenters. The molecule has 23 heavy (non-hydrogen) atoms. The van der Waals surface area contributed by atoms with E-state index in [9.17, 15) is 18.4 Å². The molecule has 2 aliphatic heterocycles. The SMILES string of the molecule is COCCN1C(=O)[C@H]2CN(Cc3cc(F)cc(F)c3)C[C@H]2C1=O. The predicted octanol–water partition coefficient (Wildman–Crippen LogP) is 1.03. The molecule has 2 atom stereocenters. The van der Waals surface area contributed by atoms with E-state index in [1.807, 2.05) is 4.90 Å². The first-order chi connectivity index (χ1) is 11.0. The van der Waals surface area contributed by atoms with Gasteiger partial charge in [0.1, 0.15) is 11.6 Å². The third-order valence-electron chi connectivity index (χ3n) is 4.41. The third kappa shape index (κ3) is 3.11. The molecule has 0 bridgehead atoms. The molecule has 2 fully saturated rings. The highest BCUT2D eigenvalue weighted by Gasteiger charge is 2.51. The van der Waals surface area contributed by atoms with Crippen molar-refractivity contribution < 1.29 is 23.1 Å². The van der Waals surface area contributed by atoms with Crippen molar-refractivity contribution >= 4 is 11.8 Å². The normalized spacial score (nSPS) is 24.6. The van der Waals surface area contributed by atoms with Crippen molar-refractivity contribution in [2.75, 3.05) is 33.4 Å². The van der Waals surface area contributed by atoms with Crippen molar-refractivity contribution in [2.45, 2.75) is 6.54 Å². The number of hydrogen-bond acceptors (Lipinski definition) is 4. The van der Waals surface area contributed by atoms with E-state index >= 15 is 0 Å². The summed E-state index contributed by atoms with van der Waals surface area (Å²) in [6, 6.07) is 3.36. The number of likely N-dealkylation sites (tertiary alicyclic amines) is 2. The van der Waals surface area contributed by atoms with Crippen LogP contribution in [-0.2, 0) is 20.9 Å². The molecule has 1 aromatic rings. The molecule has 7 heteroatoms. The molecule has 0 aromatic heterocycles. The van der Waals surface area contributed by atoms with Gasteiger partial charge >= 0.3 is 0 Å². The number of carbonyl (C=O) groups is 2. The summed E-state index contributed by atoms with van der Waals surface area (Å²) in [6.07, 6.45) is 0. The number of rotatable bonds is 5. The Labute approximate surface area is 132 Å². The lowest BCUT2D eigenvalue weighted by Crippen LogP contribution is -2.37. The molecular weight excluding hydrogens is 306 g/mol. The number of hydrogen-bond donors (Lipinski definition) is 0. The van der Waals surface area contributed by atoms with Crippen LogP contribution in [0.4, 0.5) is 8.78 Å². The van der Waals surface area contributed by atoms with E-state index in [1.165, 1.54) is 24.1 Å². The van der Waals surface area contributed by atoms with Gasteiger partial charge in [-0.25, -0.2) is 8.78 Å². The van der Waals surface area contributed by atoms with E-state index in [0.29, 0.717) is 31.8 Å². The van der Waals surface area contributed by atoms with Gasteiger partial charge in [0.15, 0.2) is 0 Å². The minimum Gasteiger partial charge on any atom is -0.383 e. The molecule has 1 aromatic carbocycles. The van der Waals surface area contributed by atoms with E-state index in [0.717, 1.165) is 6.07 Å². The highest BCUT2D eigenvalue weighted by molar-refractivity contribution is 6.05. The van der Waals surface area contributed by atoms with Crippen LogP contribution in [0, 0.1) is 23.5 Å². The van der Waals surface area contributed by atoms with Crippen LogP contribution in [0.1, 0.15) is 5.56 Å². The number of benzene rings is 1. The first-order valence-corrected chi connectivity index (χ1v) is 7.51. The Hall–Kier alpha value is -1.86. The molecule has 124 valence electrons. The second kappa shape index (κ2) is 6.33. The van der Waals surface area contributed by atoms with Crippen LogP contribution in [0.2, 0.25) is 0 Å². The minimum atomic E-state index is -0.628. The van der Waals surface area contributed by atoms with Gasteiger partial charge in [0, 0.05) is 32.8 Å². The Kier molecular flexibility index (Phi) is 4.41. The largest absolute Gasteiger partial charge is 0.383 e. The van der Waals surface area contributed by atoms with Crippen LogP contribution < -0.4 is 0 Å². The van der Waals surface area contributed by atoms with Gasteiger partial charge in [-0.2, -0.15) is 0 Å². The predicted molar refractivity (Wildman–Crippen MR) is 77.2 cm³/mol. The van der Waals surface area contributed by atoms with Crippen LogP contribution in [-0.4, -0.2) is 55.0 Å². The maximum atomic E-state index is 13.2. The summed E-state index contributed by atoms with van der Waals surface area (Å²) in [5.74, 6) is -2.33. The summed E-state index contributed by atoms with van der Waals surface area (Å²) < 4.78 is 31.4. The van der Waals surface area contributed by atoms with Crippen molar-refractivity contribution in [3.05, 3.63) is 35.4 Å². The first kappa shape index (κ1) is 16.0. The molecule has 2 saturated heterocycles. The maximum absolute atomic E-state index is 13.2. The van der Waals surface area contributed by atoms with Crippen LogP contribution in [0.25, 0.3) is 0 Å². The minimum absolute atomic E-state index is 0.176. The lowest BCUT2D eigenvalue weighted by molar-refractivity contribution is -0.141. The highest BCUT2D eigenvalue weighted by Crippen LogP contribution is 2.34. The summed E-state index contributed by atoms with van der Waals surface area (Å²) in [5, 5.41) is 0. The second-order valence-electron chi connectivity index (χ2n) is 6.01. The summed E-state index contributed by atoms with van der Waals surface area (Å²) in [6.45, 7) is 1.77. The van der Waals surface area contributed by atoms with E-state index in [1.54, 1.807) is 0 Å². The zero-order valence-corrected chi connectivity index (χ0v) is 12.8. The van der Waals surface area contributed by atoms with Gasteiger partial charge < -0.3 is 4.74 Å². The highest BCUT2D eigenvalue weighted by atomic mass is 19.1. The Morgan fingerprint density at radius 3 is 2.17 bits per heavy atom. The molecule has 0 spiro atoms. The van der Waals surface area contributed by atoms with Crippen molar-refractivity contribution in [3.63, 3.8) is 0 Å². The molecule has 0 N–H and O–H groups in total. The number of halogens is 2. The van der Waals surface area contributed by atoms with Gasteiger partial charge in [-0.05, 0) is 17.7 Å². The fourth-order valence-electron chi connectivity index (χ4n) is 3.39. The Morgan fingerprint density at radius 1 is 1.09 bits per heavy atom. The van der Waals surface area contributed by atoms with Crippen molar-refractivity contribution in [1.29, 1.82) is 0 Å². The van der Waals surface area contributed by atoms with E-state index in [2.05, 4.69) is 0 Å². The molecule has 5 nitrogen and oxygen atoms in total. The summed E-state index contributed by atoms with van der Waals surface area (Å²) in [5.41, 5.74) is 0.499. The monoisotopic (exact) mass is 324 g/mol. The Balaban J connectivity index is 1.66. The topological polar surface area (TPSA) is 49.9 Å². The lowest BCUT2D eigenvalue weighted by atomic mass is 10.00. The van der Waals surface area contributed by atoms with Crippen LogP contribution in [0.15, 0.2) is 18.2 Å². The summed E-state index contributed by atoms with van der Waals surface area (Å²) in [7, 11) is 1.52. The number of nitrogens with zero attached hydrogens (tertiary/aromatic N) is 2. The van der Waals surface area contributed by atoms with Gasteiger partial charge in [-0.15, -0.1) is 0 Å². The summed E-state index contributed by atoms with van der Waals surface area (Å²) in [4.78, 5) is 27.8. The number of amides is 2. The van der Waals surface area contributed by atoms with Gasteiger partial charge in [0.05, 0.1) is 25.0 Å².